The predicted octanol–water partition coefficient (Wildman–Crippen LogP) is 5.51. The number of ether oxygens (including phenoxy) is 1. The van der Waals surface area contributed by atoms with Gasteiger partial charge in [0.05, 0.1) is 0 Å². The lowest BCUT2D eigenvalue weighted by atomic mass is 9.77. The van der Waals surface area contributed by atoms with Crippen LogP contribution < -0.4 is 14.5 Å². The summed E-state index contributed by atoms with van der Waals surface area (Å²) >= 11 is 0. The van der Waals surface area contributed by atoms with E-state index in [2.05, 4.69) is 46.2 Å². The fourth-order valence-corrected chi connectivity index (χ4v) is 6.19. The normalized spacial score (nSPS) is 26.1. The van der Waals surface area contributed by atoms with Crippen molar-refractivity contribution in [1.82, 2.24) is 0 Å². The number of ketones is 1. The second kappa shape index (κ2) is 6.62. The van der Waals surface area contributed by atoms with Crippen LogP contribution in [0.1, 0.15) is 49.7 Å². The van der Waals surface area contributed by atoms with Gasteiger partial charge in [-0.15, -0.1) is 0 Å². The molecule has 2 saturated heterocycles. The van der Waals surface area contributed by atoms with Crippen LogP contribution in [0.5, 0.6) is 11.5 Å². The Kier molecular flexibility index (Phi) is 3.82. The van der Waals surface area contributed by atoms with Gasteiger partial charge in [-0.2, -0.15) is 0 Å². The van der Waals surface area contributed by atoms with Crippen molar-refractivity contribution in [2.24, 2.45) is 11.8 Å². The molecule has 7 rings (SSSR count). The van der Waals surface area contributed by atoms with Crippen molar-refractivity contribution < 1.29 is 9.53 Å². The lowest BCUT2D eigenvalue weighted by Gasteiger charge is -2.34. The Labute approximate surface area is 183 Å². The molecule has 0 N–H and O–H groups in total. The van der Waals surface area contributed by atoms with Crippen LogP contribution in [-0.2, 0) is 4.79 Å². The van der Waals surface area contributed by atoms with E-state index in [4.69, 9.17) is 4.74 Å². The maximum absolute atomic E-state index is 13.7. The number of rotatable bonds is 2. The number of allylic oxidation sites excluding steroid dienone is 2. The van der Waals surface area contributed by atoms with Crippen molar-refractivity contribution in [2.45, 2.75) is 38.5 Å². The summed E-state index contributed by atoms with van der Waals surface area (Å²) in [6.07, 6.45) is 7.04. The second-order valence-corrected chi connectivity index (χ2v) is 9.79. The van der Waals surface area contributed by atoms with Gasteiger partial charge in [0.1, 0.15) is 11.5 Å². The predicted molar refractivity (Wildman–Crippen MR) is 124 cm³/mol. The first kappa shape index (κ1) is 17.9. The van der Waals surface area contributed by atoms with Crippen LogP contribution in [0, 0.1) is 11.8 Å². The smallest absolute Gasteiger partial charge is 0.167 e. The summed E-state index contributed by atoms with van der Waals surface area (Å²) in [6.45, 7) is 4.44. The van der Waals surface area contributed by atoms with Crippen LogP contribution in [0.4, 0.5) is 11.4 Å². The van der Waals surface area contributed by atoms with E-state index in [1.165, 1.54) is 42.6 Å². The van der Waals surface area contributed by atoms with Crippen LogP contribution in [0.15, 0.2) is 36.4 Å². The summed E-state index contributed by atoms with van der Waals surface area (Å²) in [5.41, 5.74) is 6.79. The first-order valence-electron chi connectivity index (χ1n) is 12.0. The van der Waals surface area contributed by atoms with E-state index in [1.807, 2.05) is 0 Å². The fraction of sp³-hybridized carbons (Fsp3) is 0.444. The van der Waals surface area contributed by atoms with Gasteiger partial charge in [0, 0.05) is 72.3 Å². The van der Waals surface area contributed by atoms with E-state index in [0.29, 0.717) is 11.7 Å². The molecule has 3 aliphatic heterocycles. The highest BCUT2D eigenvalue weighted by Gasteiger charge is 2.46. The molecule has 2 aromatic carbocycles. The highest BCUT2D eigenvalue weighted by atomic mass is 16.5. The molecule has 0 spiro atoms. The highest BCUT2D eigenvalue weighted by molar-refractivity contribution is 6.33. The van der Waals surface area contributed by atoms with E-state index in [-0.39, 0.29) is 5.92 Å². The third kappa shape index (κ3) is 2.57. The monoisotopic (exact) mass is 412 g/mol. The number of hydrogen-bond acceptors (Lipinski definition) is 4. The molecule has 5 aliphatic rings. The molecule has 0 radical (unpaired) electrons. The Morgan fingerprint density at radius 3 is 1.90 bits per heavy atom. The van der Waals surface area contributed by atoms with Gasteiger partial charge in [0.25, 0.3) is 0 Å². The third-order valence-corrected chi connectivity index (χ3v) is 8.14. The second-order valence-electron chi connectivity index (χ2n) is 9.79. The van der Waals surface area contributed by atoms with Gasteiger partial charge in [-0.1, -0.05) is 12.8 Å². The average Bonchev–Trinajstić information content (AvgIpc) is 2.90. The zero-order valence-corrected chi connectivity index (χ0v) is 17.9. The largest absolute Gasteiger partial charge is 0.456 e. The van der Waals surface area contributed by atoms with Gasteiger partial charge < -0.3 is 14.5 Å². The standard InChI is InChI=1S/C27H28N2O2/c30-27-20-6-2-1-5-19(20)25-21-9-7-17(28-11-3-12-28)15-23(21)31-24-16-18(29-13-4-14-29)8-10-22(24)26(25)27/h7-10,15-16,19-20H,1-6,11-14H2. The molecule has 2 aromatic rings. The maximum atomic E-state index is 13.7. The lowest BCUT2D eigenvalue weighted by Crippen LogP contribution is -2.37. The van der Waals surface area contributed by atoms with E-state index in [0.717, 1.165) is 67.2 Å². The van der Waals surface area contributed by atoms with Crippen LogP contribution in [0.25, 0.3) is 11.1 Å². The number of anilines is 2. The van der Waals surface area contributed by atoms with Crippen LogP contribution in [-0.4, -0.2) is 32.0 Å². The molecule has 2 unspecified atom stereocenters. The molecule has 3 fully saturated rings. The molecule has 2 aliphatic carbocycles. The molecule has 0 aromatic heterocycles. The molecule has 31 heavy (non-hydrogen) atoms. The van der Waals surface area contributed by atoms with E-state index in [9.17, 15) is 4.79 Å². The van der Waals surface area contributed by atoms with Crippen LogP contribution in [0.2, 0.25) is 0 Å². The topological polar surface area (TPSA) is 32.8 Å². The van der Waals surface area contributed by atoms with Gasteiger partial charge in [-0.25, -0.2) is 0 Å². The van der Waals surface area contributed by atoms with Crippen LogP contribution >= 0.6 is 0 Å². The molecule has 0 bridgehead atoms. The molecular formula is C27H28N2O2. The third-order valence-electron chi connectivity index (χ3n) is 8.14. The van der Waals surface area contributed by atoms with Gasteiger partial charge in [-0.3, -0.25) is 4.79 Å². The summed E-state index contributed by atoms with van der Waals surface area (Å²) in [5, 5.41) is 0. The molecule has 1 saturated carbocycles. The Morgan fingerprint density at radius 2 is 1.29 bits per heavy atom. The number of carbonyl (C=O) groups is 1. The quantitative estimate of drug-likeness (QED) is 0.651. The summed E-state index contributed by atoms with van der Waals surface area (Å²) in [5.74, 6) is 2.62. The van der Waals surface area contributed by atoms with Gasteiger partial charge >= 0.3 is 0 Å². The zero-order valence-electron chi connectivity index (χ0n) is 17.9. The van der Waals surface area contributed by atoms with Crippen molar-refractivity contribution in [3.63, 3.8) is 0 Å². The van der Waals surface area contributed by atoms with Gasteiger partial charge in [-0.05, 0) is 61.4 Å². The lowest BCUT2D eigenvalue weighted by molar-refractivity contribution is -0.118. The molecule has 4 heteroatoms. The zero-order chi connectivity index (χ0) is 20.5. The Hall–Kier alpha value is -2.75. The fourth-order valence-electron chi connectivity index (χ4n) is 6.19. The van der Waals surface area contributed by atoms with Crippen molar-refractivity contribution in [3.8, 4) is 11.5 Å². The van der Waals surface area contributed by atoms with Crippen molar-refractivity contribution >= 4 is 28.3 Å². The minimum Gasteiger partial charge on any atom is -0.456 e. The summed E-state index contributed by atoms with van der Waals surface area (Å²) < 4.78 is 6.64. The molecule has 2 atom stereocenters. The van der Waals surface area contributed by atoms with Crippen molar-refractivity contribution in [3.05, 3.63) is 47.5 Å². The molecule has 4 nitrogen and oxygen atoms in total. The minimum absolute atomic E-state index is 0.155. The molecule has 158 valence electrons. The van der Waals surface area contributed by atoms with Crippen molar-refractivity contribution in [1.29, 1.82) is 0 Å². The van der Waals surface area contributed by atoms with Crippen LogP contribution in [0.3, 0.4) is 0 Å². The van der Waals surface area contributed by atoms with E-state index >= 15 is 0 Å². The van der Waals surface area contributed by atoms with Gasteiger partial charge in [0.15, 0.2) is 5.78 Å². The number of fused-ring (bicyclic) bond motifs is 6. The summed E-state index contributed by atoms with van der Waals surface area (Å²) in [6, 6.07) is 13.2. The SMILES string of the molecule is O=C1C2=C(c3ccc(N4CCC4)cc3Oc3cc(N4CCC4)ccc32)C2CCCCC12. The molecular weight excluding hydrogens is 384 g/mol. The number of benzene rings is 2. The highest BCUT2D eigenvalue weighted by Crippen LogP contribution is 2.56. The summed E-state index contributed by atoms with van der Waals surface area (Å²) in [4.78, 5) is 18.5. The number of carbonyl (C=O) groups excluding carboxylic acids is 1. The number of Topliss-reactive ketones (excluding diaryl/α,β-unsaturated/α-hetero) is 1. The molecule has 0 amide bonds. The van der Waals surface area contributed by atoms with Crippen molar-refractivity contribution in [2.75, 3.05) is 36.0 Å². The minimum atomic E-state index is 0.155. The Morgan fingerprint density at radius 1 is 0.710 bits per heavy atom. The average molecular weight is 413 g/mol. The Bertz CT molecular complexity index is 1130. The summed E-state index contributed by atoms with van der Waals surface area (Å²) in [7, 11) is 0. The molecule has 3 heterocycles. The number of nitrogens with zero attached hydrogens (tertiary/aromatic N) is 2. The maximum Gasteiger partial charge on any atom is 0.167 e. The Balaban J connectivity index is 1.43. The number of hydrogen-bond donors (Lipinski definition) is 0. The van der Waals surface area contributed by atoms with Gasteiger partial charge in [0.2, 0.25) is 0 Å². The van der Waals surface area contributed by atoms with E-state index < -0.39 is 0 Å². The first-order valence-corrected chi connectivity index (χ1v) is 12.0. The first-order chi connectivity index (χ1) is 15.3. The van der Waals surface area contributed by atoms with E-state index in [1.54, 1.807) is 0 Å².